The molecule has 1 aromatic carbocycles. The van der Waals surface area contributed by atoms with Gasteiger partial charge in [0.15, 0.2) is 0 Å². The summed E-state index contributed by atoms with van der Waals surface area (Å²) in [6.07, 6.45) is 0. The van der Waals surface area contributed by atoms with Crippen molar-refractivity contribution in [3.63, 3.8) is 0 Å². The molecule has 0 aliphatic rings. The van der Waals surface area contributed by atoms with Crippen LogP contribution in [0.3, 0.4) is 0 Å². The van der Waals surface area contributed by atoms with E-state index in [1.165, 1.54) is 16.4 Å². The molecular weight excluding hydrogens is 306 g/mol. The Morgan fingerprint density at radius 2 is 1.77 bits per heavy atom. The minimum Gasteiger partial charge on any atom is -0.375 e. The molecule has 0 aliphatic heterocycles. The van der Waals surface area contributed by atoms with Crippen molar-refractivity contribution in [3.8, 4) is 0 Å². The van der Waals surface area contributed by atoms with Gasteiger partial charge in [0.2, 0.25) is 10.0 Å². The summed E-state index contributed by atoms with van der Waals surface area (Å²) in [6, 6.07) is 3.95. The number of nitro groups is 1. The molecular formula is C14H23N3O4S. The molecule has 1 N–H and O–H groups in total. The zero-order chi connectivity index (χ0) is 17.1. The average molecular weight is 329 g/mol. The largest absolute Gasteiger partial charge is 0.375 e. The predicted octanol–water partition coefficient (Wildman–Crippen LogP) is 2.84. The fourth-order valence-electron chi connectivity index (χ4n) is 2.05. The van der Waals surface area contributed by atoms with Crippen molar-refractivity contribution < 1.29 is 13.3 Å². The van der Waals surface area contributed by atoms with Crippen molar-refractivity contribution >= 4 is 21.4 Å². The predicted molar refractivity (Wildman–Crippen MR) is 86.6 cm³/mol. The maximum absolute atomic E-state index is 12.4. The second kappa shape index (κ2) is 6.62. The van der Waals surface area contributed by atoms with Crippen molar-refractivity contribution in [2.24, 2.45) is 0 Å². The van der Waals surface area contributed by atoms with Crippen molar-refractivity contribution in [1.82, 2.24) is 4.31 Å². The molecule has 0 aliphatic carbocycles. The van der Waals surface area contributed by atoms with E-state index in [-0.39, 0.29) is 16.1 Å². The Kier molecular flexibility index (Phi) is 5.53. The summed E-state index contributed by atoms with van der Waals surface area (Å²) < 4.78 is 26.2. The number of benzene rings is 1. The van der Waals surface area contributed by atoms with Gasteiger partial charge < -0.3 is 5.32 Å². The number of sulfonamides is 1. The van der Waals surface area contributed by atoms with E-state index in [1.807, 2.05) is 20.8 Å². The van der Waals surface area contributed by atoms with E-state index in [2.05, 4.69) is 5.32 Å². The van der Waals surface area contributed by atoms with Gasteiger partial charge in [0.1, 0.15) is 5.69 Å². The highest BCUT2D eigenvalue weighted by Crippen LogP contribution is 2.30. The number of nitrogens with one attached hydrogen (secondary N) is 1. The third-order valence-electron chi connectivity index (χ3n) is 3.02. The molecule has 7 nitrogen and oxygen atoms in total. The summed E-state index contributed by atoms with van der Waals surface area (Å²) >= 11 is 0. The number of nitro benzene ring substituents is 1. The summed E-state index contributed by atoms with van der Waals surface area (Å²) in [5, 5.41) is 14.3. The molecule has 0 fully saturated rings. The van der Waals surface area contributed by atoms with Gasteiger partial charge in [-0.1, -0.05) is 13.8 Å². The molecule has 0 radical (unpaired) electrons. The highest BCUT2D eigenvalue weighted by molar-refractivity contribution is 7.89. The van der Waals surface area contributed by atoms with Crippen LogP contribution in [0.15, 0.2) is 23.1 Å². The molecule has 8 heteroatoms. The lowest BCUT2D eigenvalue weighted by Gasteiger charge is -2.23. The minimum absolute atomic E-state index is 0.0673. The van der Waals surface area contributed by atoms with Crippen LogP contribution in [0.2, 0.25) is 0 Å². The fraction of sp³-hybridized carbons (Fsp3) is 0.571. The Bertz CT molecular complexity index is 647. The van der Waals surface area contributed by atoms with Crippen LogP contribution >= 0.6 is 0 Å². The van der Waals surface area contributed by atoms with E-state index >= 15 is 0 Å². The van der Waals surface area contributed by atoms with E-state index in [0.717, 1.165) is 6.07 Å². The molecule has 0 saturated heterocycles. The monoisotopic (exact) mass is 329 g/mol. The Hall–Kier alpha value is -1.67. The van der Waals surface area contributed by atoms with Gasteiger partial charge in [-0.3, -0.25) is 10.1 Å². The smallest absolute Gasteiger partial charge is 0.293 e. The summed E-state index contributed by atoms with van der Waals surface area (Å²) in [5.41, 5.74) is -0.316. The van der Waals surface area contributed by atoms with E-state index in [0.29, 0.717) is 18.8 Å². The van der Waals surface area contributed by atoms with E-state index in [9.17, 15) is 18.5 Å². The van der Waals surface area contributed by atoms with Crippen LogP contribution in [0.4, 0.5) is 11.4 Å². The van der Waals surface area contributed by atoms with Gasteiger partial charge in [-0.05, 0) is 32.9 Å². The molecule has 124 valence electrons. The Morgan fingerprint density at radius 3 is 2.18 bits per heavy atom. The highest BCUT2D eigenvalue weighted by atomic mass is 32.2. The van der Waals surface area contributed by atoms with Crippen LogP contribution in [-0.4, -0.2) is 36.3 Å². The fourth-order valence-corrected chi connectivity index (χ4v) is 3.52. The lowest BCUT2D eigenvalue weighted by molar-refractivity contribution is -0.384. The number of rotatable bonds is 6. The van der Waals surface area contributed by atoms with E-state index in [4.69, 9.17) is 0 Å². The van der Waals surface area contributed by atoms with E-state index in [1.54, 1.807) is 13.8 Å². The summed E-state index contributed by atoms with van der Waals surface area (Å²) in [6.45, 7) is 9.70. The van der Waals surface area contributed by atoms with Crippen LogP contribution in [0.5, 0.6) is 0 Å². The SMILES string of the molecule is CCN(CC)S(=O)(=O)c1ccc(NC(C)(C)C)c([N+](=O)[O-])c1. The highest BCUT2D eigenvalue weighted by Gasteiger charge is 2.26. The Labute approximate surface area is 131 Å². The summed E-state index contributed by atoms with van der Waals surface area (Å²) in [4.78, 5) is 10.6. The molecule has 0 atom stereocenters. The van der Waals surface area contributed by atoms with Crippen molar-refractivity contribution in [2.45, 2.75) is 45.1 Å². The topological polar surface area (TPSA) is 92.6 Å². The first-order valence-electron chi connectivity index (χ1n) is 7.09. The summed E-state index contributed by atoms with van der Waals surface area (Å²) in [7, 11) is -3.72. The Balaban J connectivity index is 3.38. The zero-order valence-electron chi connectivity index (χ0n) is 13.6. The van der Waals surface area contributed by atoms with Crippen molar-refractivity contribution in [2.75, 3.05) is 18.4 Å². The third kappa shape index (κ3) is 4.17. The molecule has 1 aromatic rings. The first-order valence-corrected chi connectivity index (χ1v) is 8.53. The van der Waals surface area contributed by atoms with Gasteiger partial charge in [0, 0.05) is 24.7 Å². The minimum atomic E-state index is -3.72. The van der Waals surface area contributed by atoms with Crippen LogP contribution in [0.25, 0.3) is 0 Å². The van der Waals surface area contributed by atoms with Crippen molar-refractivity contribution in [3.05, 3.63) is 28.3 Å². The second-order valence-electron chi connectivity index (χ2n) is 5.90. The van der Waals surface area contributed by atoms with Gasteiger partial charge >= 0.3 is 0 Å². The van der Waals surface area contributed by atoms with Gasteiger partial charge in [0.25, 0.3) is 5.69 Å². The number of hydrogen-bond donors (Lipinski definition) is 1. The lowest BCUT2D eigenvalue weighted by atomic mass is 10.1. The van der Waals surface area contributed by atoms with Gasteiger partial charge in [0.05, 0.1) is 9.82 Å². The zero-order valence-corrected chi connectivity index (χ0v) is 14.4. The standard InChI is InChI=1S/C14H23N3O4S/c1-6-16(7-2)22(20,21)11-8-9-12(15-14(3,4)5)13(10-11)17(18)19/h8-10,15H,6-7H2,1-5H3. The van der Waals surface area contributed by atoms with Crippen LogP contribution in [0.1, 0.15) is 34.6 Å². The summed E-state index contributed by atoms with van der Waals surface area (Å²) in [5.74, 6) is 0. The van der Waals surface area contributed by atoms with Gasteiger partial charge in [-0.25, -0.2) is 8.42 Å². The molecule has 0 bridgehead atoms. The lowest BCUT2D eigenvalue weighted by Crippen LogP contribution is -2.31. The normalized spacial score (nSPS) is 12.5. The van der Waals surface area contributed by atoms with Gasteiger partial charge in [-0.2, -0.15) is 4.31 Å². The molecule has 0 unspecified atom stereocenters. The molecule has 22 heavy (non-hydrogen) atoms. The average Bonchev–Trinajstić information content (AvgIpc) is 2.37. The Morgan fingerprint density at radius 1 is 1.23 bits per heavy atom. The van der Waals surface area contributed by atoms with Crippen LogP contribution in [-0.2, 0) is 10.0 Å². The number of nitrogens with zero attached hydrogens (tertiary/aromatic N) is 2. The molecule has 0 spiro atoms. The number of anilines is 1. The maximum Gasteiger partial charge on any atom is 0.293 e. The molecule has 0 aromatic heterocycles. The van der Waals surface area contributed by atoms with Crippen LogP contribution in [0, 0.1) is 10.1 Å². The van der Waals surface area contributed by atoms with Crippen LogP contribution < -0.4 is 5.32 Å². The number of hydrogen-bond acceptors (Lipinski definition) is 5. The third-order valence-corrected chi connectivity index (χ3v) is 5.06. The van der Waals surface area contributed by atoms with E-state index < -0.39 is 14.9 Å². The quantitative estimate of drug-likeness (QED) is 0.640. The first-order chi connectivity index (χ1) is 10.0. The second-order valence-corrected chi connectivity index (χ2v) is 7.84. The molecule has 0 saturated carbocycles. The molecule has 0 heterocycles. The van der Waals surface area contributed by atoms with Gasteiger partial charge in [-0.15, -0.1) is 0 Å². The molecule has 1 rings (SSSR count). The maximum atomic E-state index is 12.4. The molecule has 0 amide bonds. The first kappa shape index (κ1) is 18.4. The van der Waals surface area contributed by atoms with Crippen molar-refractivity contribution in [1.29, 1.82) is 0 Å².